The average molecular weight is 222 g/mol. The first-order chi connectivity index (χ1) is 7.65. The molecule has 0 fully saturated rings. The molecule has 0 heterocycles. The lowest BCUT2D eigenvalue weighted by Crippen LogP contribution is -2.40. The van der Waals surface area contributed by atoms with E-state index in [9.17, 15) is 0 Å². The van der Waals surface area contributed by atoms with Crippen LogP contribution in [0.1, 0.15) is 27.2 Å². The highest BCUT2D eigenvalue weighted by Crippen LogP contribution is 2.03. The highest BCUT2D eigenvalue weighted by Gasteiger charge is 2.12. The molecule has 0 saturated heterocycles. The van der Waals surface area contributed by atoms with Crippen LogP contribution in [-0.4, -0.2) is 50.4 Å². The standard InChI is InChI=1S/C13H27BN2/c1-5-7-10-16(9-6-2)13(3)12-15(4)11-8-14/h5,7-8,11,13H,6,9-10,12,14H2,1-4H3/b7-5?,11-8-/t13-/m1/s1. The third-order valence-electron chi connectivity index (χ3n) is 2.67. The van der Waals surface area contributed by atoms with Crippen LogP contribution in [0, 0.1) is 0 Å². The van der Waals surface area contributed by atoms with Crippen molar-refractivity contribution >= 4 is 7.85 Å². The summed E-state index contributed by atoms with van der Waals surface area (Å²) in [7, 11) is 4.20. The summed E-state index contributed by atoms with van der Waals surface area (Å²) < 4.78 is 0. The number of nitrogens with zero attached hydrogens (tertiary/aromatic N) is 2. The van der Waals surface area contributed by atoms with Crippen molar-refractivity contribution in [2.45, 2.75) is 33.2 Å². The molecule has 0 aliphatic carbocycles. The molecule has 16 heavy (non-hydrogen) atoms. The Labute approximate surface area is 102 Å². The van der Waals surface area contributed by atoms with Gasteiger partial charge >= 0.3 is 0 Å². The molecular weight excluding hydrogens is 195 g/mol. The summed E-state index contributed by atoms with van der Waals surface area (Å²) in [6, 6.07) is 0.595. The number of likely N-dealkylation sites (N-methyl/N-ethyl adjacent to an activating group) is 1. The fourth-order valence-corrected chi connectivity index (χ4v) is 1.87. The van der Waals surface area contributed by atoms with E-state index in [-0.39, 0.29) is 0 Å². The zero-order valence-electron chi connectivity index (χ0n) is 11.6. The summed E-state index contributed by atoms with van der Waals surface area (Å²) in [4.78, 5) is 4.78. The van der Waals surface area contributed by atoms with Crippen molar-refractivity contribution in [1.29, 1.82) is 0 Å². The lowest BCUT2D eigenvalue weighted by Gasteiger charge is -2.30. The van der Waals surface area contributed by atoms with Crippen LogP contribution in [0.4, 0.5) is 0 Å². The molecule has 0 saturated carbocycles. The van der Waals surface area contributed by atoms with Gasteiger partial charge in [0.25, 0.3) is 0 Å². The Kier molecular flexibility index (Phi) is 9.11. The maximum Gasteiger partial charge on any atom is 0.131 e. The van der Waals surface area contributed by atoms with Crippen LogP contribution in [0.15, 0.2) is 24.3 Å². The lowest BCUT2D eigenvalue weighted by atomic mass is 10.1. The molecule has 2 nitrogen and oxygen atoms in total. The largest absolute Gasteiger partial charge is 0.380 e. The van der Waals surface area contributed by atoms with Gasteiger partial charge in [-0.25, -0.2) is 0 Å². The van der Waals surface area contributed by atoms with Crippen LogP contribution in [0.3, 0.4) is 0 Å². The quantitative estimate of drug-likeness (QED) is 0.455. The molecule has 0 N–H and O–H groups in total. The first-order valence-corrected chi connectivity index (χ1v) is 6.33. The van der Waals surface area contributed by atoms with Crippen molar-refractivity contribution in [2.24, 2.45) is 0 Å². The molecule has 0 bridgehead atoms. The van der Waals surface area contributed by atoms with E-state index in [0.717, 1.165) is 13.1 Å². The fraction of sp³-hybridized carbons (Fsp3) is 0.692. The van der Waals surface area contributed by atoms with E-state index < -0.39 is 0 Å². The van der Waals surface area contributed by atoms with Gasteiger partial charge in [0, 0.05) is 26.2 Å². The third kappa shape index (κ3) is 6.73. The smallest absolute Gasteiger partial charge is 0.131 e. The topological polar surface area (TPSA) is 6.48 Å². The second kappa shape index (κ2) is 9.53. The van der Waals surface area contributed by atoms with Gasteiger partial charge in [-0.15, -0.1) is 5.98 Å². The van der Waals surface area contributed by atoms with Crippen LogP contribution in [0.5, 0.6) is 0 Å². The summed E-state index contributed by atoms with van der Waals surface area (Å²) in [5, 5.41) is 0. The minimum atomic E-state index is 0.595. The zero-order valence-corrected chi connectivity index (χ0v) is 11.6. The van der Waals surface area contributed by atoms with E-state index in [1.165, 1.54) is 13.0 Å². The lowest BCUT2D eigenvalue weighted by molar-refractivity contribution is 0.198. The monoisotopic (exact) mass is 222 g/mol. The van der Waals surface area contributed by atoms with Gasteiger partial charge in [0.15, 0.2) is 0 Å². The van der Waals surface area contributed by atoms with Crippen molar-refractivity contribution < 1.29 is 0 Å². The minimum absolute atomic E-state index is 0.595. The van der Waals surface area contributed by atoms with E-state index >= 15 is 0 Å². The maximum atomic E-state index is 2.53. The molecule has 1 atom stereocenters. The zero-order chi connectivity index (χ0) is 12.4. The van der Waals surface area contributed by atoms with Gasteiger partial charge in [0.2, 0.25) is 0 Å². The predicted octanol–water partition coefficient (Wildman–Crippen LogP) is 1.70. The van der Waals surface area contributed by atoms with Crippen LogP contribution in [-0.2, 0) is 0 Å². The second-order valence-electron chi connectivity index (χ2n) is 4.33. The molecule has 92 valence electrons. The molecule has 0 aromatic carbocycles. The first kappa shape index (κ1) is 15.3. The molecule has 0 aliphatic rings. The summed E-state index contributed by atoms with van der Waals surface area (Å²) in [5.41, 5.74) is 0. The van der Waals surface area contributed by atoms with Gasteiger partial charge in [-0.1, -0.05) is 19.1 Å². The third-order valence-corrected chi connectivity index (χ3v) is 2.67. The number of allylic oxidation sites excluding steroid dienone is 1. The molecule has 0 rings (SSSR count). The SMILES string of the molecule is B/C=C\N(C)C[C@@H](C)N(CC=CC)CCC. The summed E-state index contributed by atoms with van der Waals surface area (Å²) in [6.45, 7) is 9.96. The van der Waals surface area contributed by atoms with E-state index in [4.69, 9.17) is 0 Å². The molecule has 0 aliphatic heterocycles. The fourth-order valence-electron chi connectivity index (χ4n) is 1.87. The number of rotatable bonds is 8. The molecule has 0 aromatic heterocycles. The van der Waals surface area contributed by atoms with E-state index in [2.05, 4.69) is 69.8 Å². The summed E-state index contributed by atoms with van der Waals surface area (Å²) in [5.74, 6) is 2.09. The molecule has 0 amide bonds. The Morgan fingerprint density at radius 2 is 2.06 bits per heavy atom. The van der Waals surface area contributed by atoms with Crippen LogP contribution < -0.4 is 0 Å². The van der Waals surface area contributed by atoms with Gasteiger partial charge in [-0.2, -0.15) is 0 Å². The predicted molar refractivity (Wildman–Crippen MR) is 76.5 cm³/mol. The Balaban J connectivity index is 4.18. The van der Waals surface area contributed by atoms with Gasteiger partial charge in [-0.3, -0.25) is 4.90 Å². The number of hydrogen-bond donors (Lipinski definition) is 0. The Morgan fingerprint density at radius 1 is 1.38 bits per heavy atom. The highest BCUT2D eigenvalue weighted by atomic mass is 15.2. The van der Waals surface area contributed by atoms with Crippen molar-refractivity contribution in [3.05, 3.63) is 24.3 Å². The molecule has 0 radical (unpaired) electrons. The highest BCUT2D eigenvalue weighted by molar-refractivity contribution is 6.16. The van der Waals surface area contributed by atoms with Crippen molar-refractivity contribution in [3.63, 3.8) is 0 Å². The van der Waals surface area contributed by atoms with Crippen molar-refractivity contribution in [1.82, 2.24) is 9.80 Å². The van der Waals surface area contributed by atoms with Crippen LogP contribution in [0.25, 0.3) is 0 Å². The summed E-state index contributed by atoms with van der Waals surface area (Å²) >= 11 is 0. The average Bonchev–Trinajstić information content (AvgIpc) is 2.24. The van der Waals surface area contributed by atoms with Gasteiger partial charge < -0.3 is 4.90 Å². The van der Waals surface area contributed by atoms with Gasteiger partial charge in [0.05, 0.1) is 0 Å². The van der Waals surface area contributed by atoms with Gasteiger partial charge in [0.1, 0.15) is 7.85 Å². The van der Waals surface area contributed by atoms with Gasteiger partial charge in [-0.05, 0) is 33.0 Å². The molecule has 3 heteroatoms. The Hall–Kier alpha value is -0.695. The summed E-state index contributed by atoms with van der Waals surface area (Å²) in [6.07, 6.45) is 7.72. The van der Waals surface area contributed by atoms with Crippen molar-refractivity contribution in [3.8, 4) is 0 Å². The Morgan fingerprint density at radius 3 is 2.56 bits per heavy atom. The van der Waals surface area contributed by atoms with Crippen molar-refractivity contribution in [2.75, 3.05) is 26.7 Å². The van der Waals surface area contributed by atoms with E-state index in [1.54, 1.807) is 0 Å². The number of hydrogen-bond acceptors (Lipinski definition) is 2. The molecule has 0 aromatic rings. The van der Waals surface area contributed by atoms with E-state index in [1.807, 2.05) is 0 Å². The minimum Gasteiger partial charge on any atom is -0.380 e. The molecule has 0 unspecified atom stereocenters. The normalized spacial score (nSPS) is 14.1. The maximum absolute atomic E-state index is 2.53. The first-order valence-electron chi connectivity index (χ1n) is 6.33. The second-order valence-corrected chi connectivity index (χ2v) is 4.33. The van der Waals surface area contributed by atoms with Crippen LogP contribution >= 0.6 is 0 Å². The molecular formula is C13H27BN2. The van der Waals surface area contributed by atoms with E-state index in [0.29, 0.717) is 6.04 Å². The molecule has 0 spiro atoms. The Bertz CT molecular complexity index is 214. The van der Waals surface area contributed by atoms with Crippen LogP contribution in [0.2, 0.25) is 0 Å².